The number of nitrogens with zero attached hydrogens (tertiary/aromatic N) is 2. The molecule has 2 heterocycles. The van der Waals surface area contributed by atoms with Gasteiger partial charge in [-0.1, -0.05) is 0 Å². The van der Waals surface area contributed by atoms with Crippen molar-refractivity contribution >= 4 is 22.7 Å². The minimum Gasteiger partial charge on any atom is -0.494 e. The fourth-order valence-corrected chi connectivity index (χ4v) is 2.73. The first-order chi connectivity index (χ1) is 13.6. The predicted molar refractivity (Wildman–Crippen MR) is 105 cm³/mol. The number of benzene rings is 1. The van der Waals surface area contributed by atoms with E-state index in [1.54, 1.807) is 31.3 Å². The number of nitrogens with one attached hydrogen (secondary N) is 1. The molecule has 7 heteroatoms. The molecule has 2 aromatic heterocycles. The SMILES string of the molecule is CCOC(=O)c1cnc2cccnc2c1N[C@H](C)CCOc1ccc(F)cc1. The molecule has 6 nitrogen and oxygen atoms in total. The lowest BCUT2D eigenvalue weighted by Crippen LogP contribution is -2.21. The Morgan fingerprint density at radius 1 is 1.21 bits per heavy atom. The van der Waals surface area contributed by atoms with Crippen molar-refractivity contribution in [2.75, 3.05) is 18.5 Å². The van der Waals surface area contributed by atoms with E-state index in [1.165, 1.54) is 18.3 Å². The number of anilines is 1. The summed E-state index contributed by atoms with van der Waals surface area (Å²) in [6.45, 7) is 4.45. The molecule has 3 rings (SSSR count). The van der Waals surface area contributed by atoms with Crippen LogP contribution in [0.1, 0.15) is 30.6 Å². The second-order valence-electron chi connectivity index (χ2n) is 6.27. The molecule has 0 saturated heterocycles. The molecular formula is C21H22FN3O3. The average molecular weight is 383 g/mol. The van der Waals surface area contributed by atoms with Gasteiger partial charge in [0.1, 0.15) is 22.6 Å². The van der Waals surface area contributed by atoms with Gasteiger partial charge < -0.3 is 14.8 Å². The molecule has 1 N–H and O–H groups in total. The molecule has 0 saturated carbocycles. The van der Waals surface area contributed by atoms with Crippen LogP contribution in [0.2, 0.25) is 0 Å². The van der Waals surface area contributed by atoms with Gasteiger partial charge in [0.05, 0.1) is 24.4 Å². The summed E-state index contributed by atoms with van der Waals surface area (Å²) in [5, 5.41) is 3.34. The number of carbonyl (C=O) groups is 1. The summed E-state index contributed by atoms with van der Waals surface area (Å²) in [5.41, 5.74) is 2.24. The highest BCUT2D eigenvalue weighted by Gasteiger charge is 2.19. The molecule has 0 aliphatic heterocycles. The number of ether oxygens (including phenoxy) is 2. The summed E-state index contributed by atoms with van der Waals surface area (Å²) < 4.78 is 23.7. The van der Waals surface area contributed by atoms with E-state index in [2.05, 4.69) is 15.3 Å². The Morgan fingerprint density at radius 3 is 2.75 bits per heavy atom. The van der Waals surface area contributed by atoms with Crippen LogP contribution in [-0.4, -0.2) is 35.2 Å². The number of esters is 1. The zero-order chi connectivity index (χ0) is 19.9. The monoisotopic (exact) mass is 383 g/mol. The highest BCUT2D eigenvalue weighted by Crippen LogP contribution is 2.26. The van der Waals surface area contributed by atoms with Crippen LogP contribution in [0, 0.1) is 5.82 Å². The van der Waals surface area contributed by atoms with Crippen molar-refractivity contribution in [2.45, 2.75) is 26.3 Å². The van der Waals surface area contributed by atoms with E-state index >= 15 is 0 Å². The minimum absolute atomic E-state index is 0.0127. The molecule has 0 aliphatic carbocycles. The number of rotatable bonds is 8. The third kappa shape index (κ3) is 4.73. The molecule has 3 aromatic rings. The topological polar surface area (TPSA) is 73.3 Å². The first-order valence-electron chi connectivity index (χ1n) is 9.14. The van der Waals surface area contributed by atoms with Crippen LogP contribution < -0.4 is 10.1 Å². The number of pyridine rings is 2. The normalized spacial score (nSPS) is 11.8. The summed E-state index contributed by atoms with van der Waals surface area (Å²) in [6, 6.07) is 9.52. The summed E-state index contributed by atoms with van der Waals surface area (Å²) in [4.78, 5) is 21.0. The van der Waals surface area contributed by atoms with Crippen molar-refractivity contribution in [2.24, 2.45) is 0 Å². The lowest BCUT2D eigenvalue weighted by Gasteiger charge is -2.19. The summed E-state index contributed by atoms with van der Waals surface area (Å²) in [5.74, 6) is -0.136. The van der Waals surface area contributed by atoms with Gasteiger partial charge in [0, 0.05) is 24.9 Å². The molecular weight excluding hydrogens is 361 g/mol. The smallest absolute Gasteiger partial charge is 0.341 e. The highest BCUT2D eigenvalue weighted by molar-refractivity contribution is 6.03. The van der Waals surface area contributed by atoms with E-state index in [-0.39, 0.29) is 18.5 Å². The van der Waals surface area contributed by atoms with E-state index in [1.807, 2.05) is 13.0 Å². The van der Waals surface area contributed by atoms with Crippen molar-refractivity contribution in [3.05, 3.63) is 60.2 Å². The molecule has 0 bridgehead atoms. The first kappa shape index (κ1) is 19.5. The zero-order valence-electron chi connectivity index (χ0n) is 15.8. The lowest BCUT2D eigenvalue weighted by molar-refractivity contribution is 0.0527. The van der Waals surface area contributed by atoms with Gasteiger partial charge in [-0.25, -0.2) is 9.18 Å². The number of hydrogen-bond donors (Lipinski definition) is 1. The Bertz CT molecular complexity index is 947. The van der Waals surface area contributed by atoms with E-state index in [0.29, 0.717) is 41.1 Å². The van der Waals surface area contributed by atoms with Crippen LogP contribution in [0.25, 0.3) is 11.0 Å². The molecule has 0 fully saturated rings. The van der Waals surface area contributed by atoms with Crippen LogP contribution >= 0.6 is 0 Å². The second kappa shape index (κ2) is 9.12. The molecule has 146 valence electrons. The number of carbonyl (C=O) groups excluding carboxylic acids is 1. The van der Waals surface area contributed by atoms with Gasteiger partial charge in [-0.15, -0.1) is 0 Å². The van der Waals surface area contributed by atoms with Crippen LogP contribution in [0.5, 0.6) is 5.75 Å². The largest absolute Gasteiger partial charge is 0.494 e. The van der Waals surface area contributed by atoms with Crippen LogP contribution in [0.15, 0.2) is 48.8 Å². The second-order valence-corrected chi connectivity index (χ2v) is 6.27. The van der Waals surface area contributed by atoms with E-state index in [9.17, 15) is 9.18 Å². The average Bonchev–Trinajstić information content (AvgIpc) is 2.70. The third-order valence-corrected chi connectivity index (χ3v) is 4.14. The maximum Gasteiger partial charge on any atom is 0.341 e. The maximum atomic E-state index is 13.0. The summed E-state index contributed by atoms with van der Waals surface area (Å²) in [6.07, 6.45) is 3.83. The molecule has 0 amide bonds. The van der Waals surface area contributed by atoms with Gasteiger partial charge in [-0.3, -0.25) is 9.97 Å². The van der Waals surface area contributed by atoms with Gasteiger partial charge in [-0.05, 0) is 50.2 Å². The highest BCUT2D eigenvalue weighted by atomic mass is 19.1. The number of hydrogen-bond acceptors (Lipinski definition) is 6. The van der Waals surface area contributed by atoms with E-state index < -0.39 is 5.97 Å². The molecule has 0 aliphatic rings. The van der Waals surface area contributed by atoms with Crippen molar-refractivity contribution in [3.63, 3.8) is 0 Å². The van der Waals surface area contributed by atoms with E-state index in [4.69, 9.17) is 9.47 Å². The Morgan fingerprint density at radius 2 is 2.00 bits per heavy atom. The summed E-state index contributed by atoms with van der Waals surface area (Å²) in [7, 11) is 0. The molecule has 0 unspecified atom stereocenters. The van der Waals surface area contributed by atoms with Crippen LogP contribution in [0.4, 0.5) is 10.1 Å². The fourth-order valence-electron chi connectivity index (χ4n) is 2.73. The van der Waals surface area contributed by atoms with Crippen molar-refractivity contribution in [1.82, 2.24) is 9.97 Å². The van der Waals surface area contributed by atoms with Crippen molar-refractivity contribution < 1.29 is 18.7 Å². The fraction of sp³-hybridized carbons (Fsp3) is 0.286. The standard InChI is InChI=1S/C21H22FN3O3/c1-3-27-21(26)17-13-24-18-5-4-11-23-20(18)19(17)25-14(2)10-12-28-16-8-6-15(22)7-9-16/h4-9,11,13-14H,3,10,12H2,1-2H3,(H,24,25)/t14-/m1/s1. The first-order valence-corrected chi connectivity index (χ1v) is 9.14. The van der Waals surface area contributed by atoms with Crippen molar-refractivity contribution in [3.8, 4) is 5.75 Å². The summed E-state index contributed by atoms with van der Waals surface area (Å²) >= 11 is 0. The Labute approximate surface area is 162 Å². The quantitative estimate of drug-likeness (QED) is 0.587. The number of halogens is 1. The van der Waals surface area contributed by atoms with Gasteiger partial charge >= 0.3 is 5.97 Å². The van der Waals surface area contributed by atoms with Gasteiger partial charge in [-0.2, -0.15) is 0 Å². The number of aromatic nitrogens is 2. The van der Waals surface area contributed by atoms with Gasteiger partial charge in [0.25, 0.3) is 0 Å². The van der Waals surface area contributed by atoms with E-state index in [0.717, 1.165) is 0 Å². The van der Waals surface area contributed by atoms with Crippen LogP contribution in [-0.2, 0) is 4.74 Å². The molecule has 1 atom stereocenters. The molecule has 0 radical (unpaired) electrons. The third-order valence-electron chi connectivity index (χ3n) is 4.14. The van der Waals surface area contributed by atoms with Gasteiger partial charge in [0.15, 0.2) is 0 Å². The molecule has 0 spiro atoms. The van der Waals surface area contributed by atoms with Crippen LogP contribution in [0.3, 0.4) is 0 Å². The van der Waals surface area contributed by atoms with Gasteiger partial charge in [0.2, 0.25) is 0 Å². The Balaban J connectivity index is 1.73. The Hall–Kier alpha value is -3.22. The zero-order valence-corrected chi connectivity index (χ0v) is 15.8. The maximum absolute atomic E-state index is 13.0. The Kier molecular flexibility index (Phi) is 6.37. The predicted octanol–water partition coefficient (Wildman–Crippen LogP) is 4.22. The number of fused-ring (bicyclic) bond motifs is 1. The van der Waals surface area contributed by atoms with Crippen molar-refractivity contribution in [1.29, 1.82) is 0 Å². The molecule has 28 heavy (non-hydrogen) atoms. The minimum atomic E-state index is -0.445. The lowest BCUT2D eigenvalue weighted by atomic mass is 10.1. The molecule has 1 aromatic carbocycles.